The fourth-order valence-electron chi connectivity index (χ4n) is 1.45. The van der Waals surface area contributed by atoms with E-state index in [1.165, 1.54) is 5.57 Å². The van der Waals surface area contributed by atoms with Crippen molar-refractivity contribution in [1.29, 1.82) is 0 Å². The number of hydrogen-bond acceptors (Lipinski definition) is 2. The van der Waals surface area contributed by atoms with Crippen LogP contribution in [0.5, 0.6) is 0 Å². The Morgan fingerprint density at radius 2 is 2.18 bits per heavy atom. The maximum absolute atomic E-state index is 11.2. The fourth-order valence-corrected chi connectivity index (χ4v) is 1.45. The van der Waals surface area contributed by atoms with Gasteiger partial charge in [0.1, 0.15) is 0 Å². The zero-order valence-corrected chi connectivity index (χ0v) is 6.89. The molecule has 0 fully saturated rings. The molecule has 11 heavy (non-hydrogen) atoms. The summed E-state index contributed by atoms with van der Waals surface area (Å²) >= 11 is 0. The summed E-state index contributed by atoms with van der Waals surface area (Å²) in [4.78, 5) is 11.2. The van der Waals surface area contributed by atoms with E-state index in [4.69, 9.17) is 5.11 Å². The smallest absolute Gasteiger partial charge is 0.159 e. The Kier molecular flexibility index (Phi) is 2.83. The molecule has 0 aromatic carbocycles. The van der Waals surface area contributed by atoms with Gasteiger partial charge in [-0.25, -0.2) is 0 Å². The fraction of sp³-hybridized carbons (Fsp3) is 0.667. The monoisotopic (exact) mass is 154 g/mol. The minimum absolute atomic E-state index is 0.185. The zero-order valence-electron chi connectivity index (χ0n) is 6.89. The molecule has 1 rings (SSSR count). The molecule has 1 aliphatic rings. The van der Waals surface area contributed by atoms with Gasteiger partial charge in [0, 0.05) is 13.0 Å². The minimum atomic E-state index is 0.185. The lowest BCUT2D eigenvalue weighted by Gasteiger charge is -1.99. The van der Waals surface area contributed by atoms with Crippen LogP contribution in [0.4, 0.5) is 0 Å². The third-order valence-electron chi connectivity index (χ3n) is 2.16. The Bertz CT molecular complexity index is 192. The van der Waals surface area contributed by atoms with Crippen molar-refractivity contribution in [2.75, 3.05) is 6.61 Å². The van der Waals surface area contributed by atoms with Crippen LogP contribution in [-0.4, -0.2) is 17.5 Å². The van der Waals surface area contributed by atoms with Crippen LogP contribution in [0.25, 0.3) is 0 Å². The molecule has 2 heteroatoms. The molecule has 0 saturated carbocycles. The van der Waals surface area contributed by atoms with Crippen molar-refractivity contribution in [3.8, 4) is 0 Å². The first-order chi connectivity index (χ1) is 5.25. The number of Topliss-reactive ketones (excluding diaryl/α,β-unsaturated/α-hetero) is 1. The van der Waals surface area contributed by atoms with E-state index >= 15 is 0 Å². The van der Waals surface area contributed by atoms with E-state index in [0.717, 1.165) is 24.8 Å². The minimum Gasteiger partial charge on any atom is -0.396 e. The molecule has 0 radical (unpaired) electrons. The first-order valence-corrected chi connectivity index (χ1v) is 4.08. The van der Waals surface area contributed by atoms with Crippen molar-refractivity contribution < 1.29 is 9.90 Å². The maximum Gasteiger partial charge on any atom is 0.159 e. The van der Waals surface area contributed by atoms with Crippen LogP contribution >= 0.6 is 0 Å². The Balaban J connectivity index is 2.53. The second kappa shape index (κ2) is 3.67. The number of carbonyl (C=O) groups is 1. The first kappa shape index (κ1) is 8.47. The van der Waals surface area contributed by atoms with Gasteiger partial charge < -0.3 is 5.11 Å². The highest BCUT2D eigenvalue weighted by molar-refractivity contribution is 5.98. The van der Waals surface area contributed by atoms with Gasteiger partial charge in [-0.3, -0.25) is 4.79 Å². The molecule has 0 aliphatic heterocycles. The summed E-state index contributed by atoms with van der Waals surface area (Å²) < 4.78 is 0. The van der Waals surface area contributed by atoms with Crippen LogP contribution in [0, 0.1) is 0 Å². The lowest BCUT2D eigenvalue weighted by atomic mass is 10.1. The number of aliphatic hydroxyl groups excluding tert-OH is 1. The van der Waals surface area contributed by atoms with Crippen LogP contribution in [0.1, 0.15) is 32.6 Å². The number of carbonyl (C=O) groups excluding carboxylic acids is 1. The van der Waals surface area contributed by atoms with E-state index in [0.29, 0.717) is 6.42 Å². The molecule has 62 valence electrons. The molecule has 0 spiro atoms. The highest BCUT2D eigenvalue weighted by atomic mass is 16.2. The van der Waals surface area contributed by atoms with Crippen molar-refractivity contribution >= 4 is 5.78 Å². The predicted molar refractivity (Wildman–Crippen MR) is 43.3 cm³/mol. The molecule has 1 N–H and O–H groups in total. The molecule has 0 heterocycles. The Morgan fingerprint density at radius 3 is 2.64 bits per heavy atom. The van der Waals surface area contributed by atoms with E-state index in [1.54, 1.807) is 0 Å². The summed E-state index contributed by atoms with van der Waals surface area (Å²) in [5, 5.41) is 8.57. The Hall–Kier alpha value is -0.630. The average molecular weight is 154 g/mol. The SMILES string of the molecule is CC1=C(CCCO)C(=O)CC1. The first-order valence-electron chi connectivity index (χ1n) is 4.08. The molecule has 0 bridgehead atoms. The Labute approximate surface area is 66.9 Å². The van der Waals surface area contributed by atoms with E-state index in [2.05, 4.69) is 0 Å². The van der Waals surface area contributed by atoms with Gasteiger partial charge in [0.05, 0.1) is 0 Å². The maximum atomic E-state index is 11.2. The predicted octanol–water partition coefficient (Wildman–Crippen LogP) is 1.44. The number of rotatable bonds is 3. The van der Waals surface area contributed by atoms with Crippen molar-refractivity contribution in [3.05, 3.63) is 11.1 Å². The van der Waals surface area contributed by atoms with Crippen molar-refractivity contribution in [2.45, 2.75) is 32.6 Å². The van der Waals surface area contributed by atoms with Crippen LogP contribution < -0.4 is 0 Å². The molecule has 0 aromatic heterocycles. The molecular weight excluding hydrogens is 140 g/mol. The normalized spacial score (nSPS) is 18.2. The summed E-state index contributed by atoms with van der Waals surface area (Å²) in [6.45, 7) is 2.20. The highest BCUT2D eigenvalue weighted by Crippen LogP contribution is 2.25. The molecule has 2 nitrogen and oxygen atoms in total. The second-order valence-corrected chi connectivity index (χ2v) is 3.01. The summed E-state index contributed by atoms with van der Waals surface area (Å²) in [6, 6.07) is 0. The molecule has 1 aliphatic carbocycles. The second-order valence-electron chi connectivity index (χ2n) is 3.01. The van der Waals surface area contributed by atoms with E-state index < -0.39 is 0 Å². The van der Waals surface area contributed by atoms with E-state index in [-0.39, 0.29) is 12.4 Å². The van der Waals surface area contributed by atoms with Gasteiger partial charge in [-0.15, -0.1) is 0 Å². The van der Waals surface area contributed by atoms with Gasteiger partial charge in [-0.2, -0.15) is 0 Å². The lowest BCUT2D eigenvalue weighted by molar-refractivity contribution is -0.115. The quantitative estimate of drug-likeness (QED) is 0.667. The molecule has 0 saturated heterocycles. The van der Waals surface area contributed by atoms with Gasteiger partial charge in [-0.05, 0) is 31.8 Å². The molecular formula is C9H14O2. The molecule has 0 unspecified atom stereocenters. The third-order valence-corrected chi connectivity index (χ3v) is 2.16. The van der Waals surface area contributed by atoms with Gasteiger partial charge in [0.2, 0.25) is 0 Å². The van der Waals surface area contributed by atoms with Gasteiger partial charge in [-0.1, -0.05) is 5.57 Å². The van der Waals surface area contributed by atoms with Gasteiger partial charge in [0.15, 0.2) is 5.78 Å². The van der Waals surface area contributed by atoms with Crippen LogP contribution in [0.15, 0.2) is 11.1 Å². The summed E-state index contributed by atoms with van der Waals surface area (Å²) in [6.07, 6.45) is 3.10. The Morgan fingerprint density at radius 1 is 1.45 bits per heavy atom. The third kappa shape index (κ3) is 1.90. The van der Waals surface area contributed by atoms with Crippen molar-refractivity contribution in [2.24, 2.45) is 0 Å². The number of aliphatic hydroxyl groups is 1. The average Bonchev–Trinajstić information content (AvgIpc) is 2.29. The highest BCUT2D eigenvalue weighted by Gasteiger charge is 2.18. The van der Waals surface area contributed by atoms with Crippen molar-refractivity contribution in [1.82, 2.24) is 0 Å². The lowest BCUT2D eigenvalue weighted by Crippen LogP contribution is -1.97. The topological polar surface area (TPSA) is 37.3 Å². The summed E-state index contributed by atoms with van der Waals surface area (Å²) in [7, 11) is 0. The summed E-state index contributed by atoms with van der Waals surface area (Å²) in [5.74, 6) is 0.288. The van der Waals surface area contributed by atoms with E-state index in [9.17, 15) is 4.79 Å². The van der Waals surface area contributed by atoms with Gasteiger partial charge >= 0.3 is 0 Å². The number of allylic oxidation sites excluding steroid dienone is 2. The van der Waals surface area contributed by atoms with Crippen molar-refractivity contribution in [3.63, 3.8) is 0 Å². The van der Waals surface area contributed by atoms with Crippen LogP contribution in [-0.2, 0) is 4.79 Å². The molecule has 0 aromatic rings. The number of ketones is 1. The summed E-state index contributed by atoms with van der Waals surface area (Å²) in [5.41, 5.74) is 2.20. The zero-order chi connectivity index (χ0) is 8.27. The molecule has 0 amide bonds. The van der Waals surface area contributed by atoms with E-state index in [1.807, 2.05) is 6.92 Å². The molecule has 0 atom stereocenters. The largest absolute Gasteiger partial charge is 0.396 e. The standard InChI is InChI=1S/C9H14O2/c1-7-4-5-9(11)8(7)3-2-6-10/h10H,2-6H2,1H3. The van der Waals surface area contributed by atoms with Crippen LogP contribution in [0.2, 0.25) is 0 Å². The number of hydrogen-bond donors (Lipinski definition) is 1. The van der Waals surface area contributed by atoms with Gasteiger partial charge in [0.25, 0.3) is 0 Å². The van der Waals surface area contributed by atoms with Crippen LogP contribution in [0.3, 0.4) is 0 Å².